The highest BCUT2D eigenvalue weighted by atomic mass is 16.5. The van der Waals surface area contributed by atoms with Gasteiger partial charge in [0.05, 0.1) is 12.8 Å². The van der Waals surface area contributed by atoms with Gasteiger partial charge in [0.25, 0.3) is 0 Å². The number of rotatable bonds is 4. The minimum atomic E-state index is -0.370. The molecule has 0 atom stereocenters. The molecule has 8 heteroatoms. The van der Waals surface area contributed by atoms with E-state index in [0.29, 0.717) is 23.7 Å². The number of hydrogen-bond acceptors (Lipinski definition) is 5. The molecule has 0 aliphatic carbocycles. The topological polar surface area (TPSA) is 81.7 Å². The second kappa shape index (κ2) is 7.96. The summed E-state index contributed by atoms with van der Waals surface area (Å²) in [6.07, 6.45) is 1.85. The van der Waals surface area contributed by atoms with Gasteiger partial charge >= 0.3 is 5.69 Å². The molecule has 1 aliphatic rings. The van der Waals surface area contributed by atoms with Gasteiger partial charge in [-0.15, -0.1) is 5.10 Å². The van der Waals surface area contributed by atoms with Crippen molar-refractivity contribution in [3.8, 4) is 17.0 Å². The Bertz CT molecular complexity index is 1370. The monoisotopic (exact) mass is 429 g/mol. The van der Waals surface area contributed by atoms with Crippen molar-refractivity contribution in [2.24, 2.45) is 0 Å². The molecule has 0 N–H and O–H groups in total. The summed E-state index contributed by atoms with van der Waals surface area (Å²) in [5.41, 5.74) is 3.74. The number of hydrogen-bond donors (Lipinski definition) is 0. The lowest BCUT2D eigenvalue weighted by Crippen LogP contribution is -2.39. The first-order valence-corrected chi connectivity index (χ1v) is 10.5. The minimum absolute atomic E-state index is 0.119. The third-order valence-corrected chi connectivity index (χ3v) is 5.82. The number of methoxy groups -OCH3 is 1. The van der Waals surface area contributed by atoms with E-state index in [-0.39, 0.29) is 18.1 Å². The molecule has 32 heavy (non-hydrogen) atoms. The fourth-order valence-corrected chi connectivity index (χ4v) is 4.22. The highest BCUT2D eigenvalue weighted by Gasteiger charge is 2.24. The molecule has 0 saturated carbocycles. The van der Waals surface area contributed by atoms with Gasteiger partial charge in [-0.1, -0.05) is 18.2 Å². The Morgan fingerprint density at radius 1 is 1.12 bits per heavy atom. The molecule has 8 nitrogen and oxygen atoms in total. The first kappa shape index (κ1) is 20.0. The van der Waals surface area contributed by atoms with Gasteiger partial charge in [-0.3, -0.25) is 4.79 Å². The summed E-state index contributed by atoms with van der Waals surface area (Å²) in [5, 5.41) is 4.44. The van der Waals surface area contributed by atoms with Gasteiger partial charge in [-0.2, -0.15) is 0 Å². The molecule has 4 aromatic rings. The summed E-state index contributed by atoms with van der Waals surface area (Å²) in [7, 11) is 1.62. The van der Waals surface area contributed by atoms with Crippen LogP contribution in [0.2, 0.25) is 0 Å². The normalized spacial score (nSPS) is 13.2. The van der Waals surface area contributed by atoms with Crippen molar-refractivity contribution in [3.63, 3.8) is 0 Å². The summed E-state index contributed by atoms with van der Waals surface area (Å²) in [5.74, 6) is 1.12. The van der Waals surface area contributed by atoms with Crippen molar-refractivity contribution < 1.29 is 9.53 Å². The molecule has 1 aliphatic heterocycles. The minimum Gasteiger partial charge on any atom is -0.497 e. The number of aromatic nitrogens is 4. The van der Waals surface area contributed by atoms with E-state index in [4.69, 9.17) is 4.74 Å². The van der Waals surface area contributed by atoms with Crippen molar-refractivity contribution in [1.29, 1.82) is 0 Å². The van der Waals surface area contributed by atoms with Gasteiger partial charge in [-0.25, -0.2) is 18.9 Å². The third kappa shape index (κ3) is 3.43. The van der Waals surface area contributed by atoms with Crippen molar-refractivity contribution in [1.82, 2.24) is 19.2 Å². The van der Waals surface area contributed by atoms with E-state index in [9.17, 15) is 9.59 Å². The van der Waals surface area contributed by atoms with E-state index in [1.165, 1.54) is 9.08 Å². The van der Waals surface area contributed by atoms with Crippen LogP contribution in [0, 0.1) is 6.92 Å². The molecule has 0 radical (unpaired) electrons. The lowest BCUT2D eigenvalue weighted by atomic mass is 10.0. The number of carbonyl (C=O) groups excluding carboxylic acids is 1. The van der Waals surface area contributed by atoms with E-state index >= 15 is 0 Å². The molecule has 0 bridgehead atoms. The number of para-hydroxylation sites is 1. The molecule has 2 aromatic carbocycles. The molecule has 1 amide bonds. The summed E-state index contributed by atoms with van der Waals surface area (Å²) in [6, 6.07) is 17.2. The molecule has 0 unspecified atom stereocenters. The van der Waals surface area contributed by atoms with Gasteiger partial charge in [-0.05, 0) is 55.7 Å². The first-order chi connectivity index (χ1) is 15.5. The zero-order valence-electron chi connectivity index (χ0n) is 18.0. The van der Waals surface area contributed by atoms with Crippen molar-refractivity contribution in [2.45, 2.75) is 26.3 Å². The Hall–Kier alpha value is -3.94. The smallest absolute Gasteiger partial charge is 0.352 e. The number of fused-ring (bicyclic) bond motifs is 2. The average molecular weight is 429 g/mol. The molecular formula is C24H23N5O3. The lowest BCUT2D eigenvalue weighted by Gasteiger charge is -2.29. The molecule has 3 heterocycles. The molecule has 0 saturated heterocycles. The standard InChI is InChI=1S/C24H23N5O3/c1-16-25-20(17-9-11-19(32-2)12-10-17)14-22-26-28(24(31)29(16)22)15-23(30)27-13-5-7-18-6-3-4-8-21(18)27/h3-4,6,8-12,14H,5,7,13,15H2,1-2H3. The third-order valence-electron chi connectivity index (χ3n) is 5.82. The highest BCUT2D eigenvalue weighted by molar-refractivity contribution is 5.94. The predicted molar refractivity (Wildman–Crippen MR) is 121 cm³/mol. The molecule has 162 valence electrons. The average Bonchev–Trinajstić information content (AvgIpc) is 3.14. The summed E-state index contributed by atoms with van der Waals surface area (Å²) >= 11 is 0. The summed E-state index contributed by atoms with van der Waals surface area (Å²) in [6.45, 7) is 2.28. The number of anilines is 1. The largest absolute Gasteiger partial charge is 0.497 e. The zero-order valence-corrected chi connectivity index (χ0v) is 18.0. The van der Waals surface area contributed by atoms with Gasteiger partial charge < -0.3 is 9.64 Å². The van der Waals surface area contributed by atoms with Crippen LogP contribution in [0.5, 0.6) is 5.75 Å². The van der Waals surface area contributed by atoms with Crippen LogP contribution in [0.3, 0.4) is 0 Å². The SMILES string of the molecule is COc1ccc(-c2cc3nn(CC(=O)N4CCCc5ccccc54)c(=O)n3c(C)n2)cc1. The Kier molecular flexibility index (Phi) is 4.97. The van der Waals surface area contributed by atoms with Crippen LogP contribution in [-0.2, 0) is 17.8 Å². The fourth-order valence-electron chi connectivity index (χ4n) is 4.22. The Morgan fingerprint density at radius 2 is 1.91 bits per heavy atom. The molecule has 2 aromatic heterocycles. The molecule has 5 rings (SSSR count). The second-order valence-electron chi connectivity index (χ2n) is 7.83. The van der Waals surface area contributed by atoms with Crippen LogP contribution in [0.15, 0.2) is 59.4 Å². The highest BCUT2D eigenvalue weighted by Crippen LogP contribution is 2.27. The van der Waals surface area contributed by atoms with Crippen molar-refractivity contribution in [3.05, 3.63) is 76.5 Å². The summed E-state index contributed by atoms with van der Waals surface area (Å²) < 4.78 is 7.87. The van der Waals surface area contributed by atoms with E-state index in [0.717, 1.165) is 35.4 Å². The van der Waals surface area contributed by atoms with Crippen LogP contribution in [0.4, 0.5) is 5.69 Å². The number of carbonyl (C=O) groups is 1. The number of nitrogens with zero attached hydrogens (tertiary/aromatic N) is 5. The molecule has 0 fully saturated rings. The van der Waals surface area contributed by atoms with Gasteiger partial charge in [0.2, 0.25) is 5.91 Å². The van der Waals surface area contributed by atoms with E-state index in [1.54, 1.807) is 25.0 Å². The summed E-state index contributed by atoms with van der Waals surface area (Å²) in [4.78, 5) is 32.4. The Balaban J connectivity index is 1.48. The number of benzene rings is 2. The Labute approximate surface area is 184 Å². The van der Waals surface area contributed by atoms with Crippen LogP contribution < -0.4 is 15.3 Å². The van der Waals surface area contributed by atoms with Crippen LogP contribution in [0.25, 0.3) is 16.9 Å². The molecule has 0 spiro atoms. The van der Waals surface area contributed by atoms with Crippen molar-refractivity contribution >= 4 is 17.2 Å². The van der Waals surface area contributed by atoms with Crippen LogP contribution in [-0.4, -0.2) is 38.7 Å². The number of ether oxygens (including phenoxy) is 1. The van der Waals surface area contributed by atoms with Gasteiger partial charge in [0.1, 0.15) is 18.1 Å². The second-order valence-corrected chi connectivity index (χ2v) is 7.83. The van der Waals surface area contributed by atoms with Gasteiger partial charge in [0.15, 0.2) is 5.65 Å². The fraction of sp³-hybridized carbons (Fsp3) is 0.250. The zero-order chi connectivity index (χ0) is 22.2. The predicted octanol–water partition coefficient (Wildman–Crippen LogP) is 2.85. The van der Waals surface area contributed by atoms with Crippen LogP contribution in [0.1, 0.15) is 17.8 Å². The van der Waals surface area contributed by atoms with E-state index in [1.807, 2.05) is 48.5 Å². The van der Waals surface area contributed by atoms with Crippen molar-refractivity contribution in [2.75, 3.05) is 18.6 Å². The quantitative estimate of drug-likeness (QED) is 0.498. The van der Waals surface area contributed by atoms with E-state index in [2.05, 4.69) is 10.1 Å². The number of aryl methyl sites for hydroxylation is 2. The van der Waals surface area contributed by atoms with Crippen LogP contribution >= 0.6 is 0 Å². The maximum atomic E-state index is 13.1. The molecular weight excluding hydrogens is 406 g/mol. The number of amides is 1. The first-order valence-electron chi connectivity index (χ1n) is 10.5. The van der Waals surface area contributed by atoms with Gasteiger partial charge in [0, 0.05) is 23.9 Å². The lowest BCUT2D eigenvalue weighted by molar-refractivity contribution is -0.119. The maximum Gasteiger partial charge on any atom is 0.352 e. The maximum absolute atomic E-state index is 13.1. The Morgan fingerprint density at radius 3 is 2.69 bits per heavy atom. The van der Waals surface area contributed by atoms with E-state index < -0.39 is 0 Å².